The molecular weight excluding hydrogens is 299 g/mol. The lowest BCUT2D eigenvalue weighted by molar-refractivity contribution is -0.0909. The molecule has 3 rings (SSSR count). The summed E-state index contributed by atoms with van der Waals surface area (Å²) < 4.78 is 11.8. The highest BCUT2D eigenvalue weighted by Crippen LogP contribution is 2.25. The van der Waals surface area contributed by atoms with Crippen molar-refractivity contribution in [1.29, 1.82) is 0 Å². The van der Waals surface area contributed by atoms with Crippen molar-refractivity contribution in [3.05, 3.63) is 30.1 Å². The molecule has 2 fully saturated rings. The van der Waals surface area contributed by atoms with Crippen LogP contribution in [-0.2, 0) is 16.1 Å². The van der Waals surface area contributed by atoms with Gasteiger partial charge in [0.2, 0.25) is 0 Å². The minimum absolute atomic E-state index is 0. The number of ether oxygens (including phenoxy) is 2. The molecule has 2 saturated heterocycles. The molecule has 1 aromatic rings. The molecular formula is C14H22Cl2N2O2. The van der Waals surface area contributed by atoms with Crippen molar-refractivity contribution in [2.75, 3.05) is 13.2 Å². The number of nitrogens with zero attached hydrogens (tertiary/aromatic N) is 1. The summed E-state index contributed by atoms with van der Waals surface area (Å²) in [6.45, 7) is 2.41. The number of halogens is 2. The minimum Gasteiger partial charge on any atom is -0.374 e. The SMILES string of the molecule is Cl.Cl.c1cncc(COC[C@@H]2CC[C@H]3NCC[C@H]3O2)c1. The zero-order valence-corrected chi connectivity index (χ0v) is 13.0. The van der Waals surface area contributed by atoms with Crippen LogP contribution in [0.5, 0.6) is 0 Å². The summed E-state index contributed by atoms with van der Waals surface area (Å²) in [6, 6.07) is 4.55. The number of hydrogen-bond acceptors (Lipinski definition) is 4. The van der Waals surface area contributed by atoms with Crippen molar-refractivity contribution in [2.24, 2.45) is 0 Å². The largest absolute Gasteiger partial charge is 0.374 e. The molecule has 3 atom stereocenters. The first-order chi connectivity index (χ1) is 8.92. The van der Waals surface area contributed by atoms with Crippen LogP contribution >= 0.6 is 24.8 Å². The van der Waals surface area contributed by atoms with Crippen molar-refractivity contribution >= 4 is 24.8 Å². The molecule has 0 bridgehead atoms. The third-order valence-corrected chi connectivity index (χ3v) is 3.75. The molecule has 1 aromatic heterocycles. The highest BCUT2D eigenvalue weighted by atomic mass is 35.5. The lowest BCUT2D eigenvalue weighted by atomic mass is 10.0. The molecule has 0 unspecified atom stereocenters. The van der Waals surface area contributed by atoms with Crippen LogP contribution in [0.2, 0.25) is 0 Å². The molecule has 0 saturated carbocycles. The molecule has 1 N–H and O–H groups in total. The second kappa shape index (κ2) is 8.80. The van der Waals surface area contributed by atoms with E-state index < -0.39 is 0 Å². The summed E-state index contributed by atoms with van der Waals surface area (Å²) in [7, 11) is 0. The average Bonchev–Trinajstić information content (AvgIpc) is 2.87. The third kappa shape index (κ3) is 4.57. The molecule has 0 aliphatic carbocycles. The van der Waals surface area contributed by atoms with E-state index in [1.54, 1.807) is 6.20 Å². The van der Waals surface area contributed by atoms with Gasteiger partial charge in [0.1, 0.15) is 0 Å². The second-order valence-electron chi connectivity index (χ2n) is 5.10. The fraction of sp³-hybridized carbons (Fsp3) is 0.643. The monoisotopic (exact) mass is 320 g/mol. The van der Waals surface area contributed by atoms with E-state index in [2.05, 4.69) is 10.3 Å². The van der Waals surface area contributed by atoms with E-state index in [0.717, 1.165) is 24.9 Å². The number of pyridine rings is 1. The fourth-order valence-electron chi connectivity index (χ4n) is 2.79. The van der Waals surface area contributed by atoms with E-state index in [9.17, 15) is 0 Å². The third-order valence-electron chi connectivity index (χ3n) is 3.75. The van der Waals surface area contributed by atoms with Crippen LogP contribution in [0.4, 0.5) is 0 Å². The van der Waals surface area contributed by atoms with Gasteiger partial charge in [-0.25, -0.2) is 0 Å². The molecule has 0 spiro atoms. The van der Waals surface area contributed by atoms with Gasteiger partial charge in [-0.2, -0.15) is 0 Å². The van der Waals surface area contributed by atoms with Crippen LogP contribution in [0.25, 0.3) is 0 Å². The van der Waals surface area contributed by atoms with Crippen LogP contribution in [0.3, 0.4) is 0 Å². The maximum Gasteiger partial charge on any atom is 0.0813 e. The number of fused-ring (bicyclic) bond motifs is 1. The normalized spacial score (nSPS) is 28.1. The molecule has 114 valence electrons. The van der Waals surface area contributed by atoms with E-state index in [1.807, 2.05) is 18.3 Å². The highest BCUT2D eigenvalue weighted by molar-refractivity contribution is 5.85. The molecule has 20 heavy (non-hydrogen) atoms. The van der Waals surface area contributed by atoms with Crippen LogP contribution < -0.4 is 5.32 Å². The predicted molar refractivity (Wildman–Crippen MR) is 82.7 cm³/mol. The average molecular weight is 321 g/mol. The first kappa shape index (κ1) is 17.7. The molecule has 4 nitrogen and oxygen atoms in total. The van der Waals surface area contributed by atoms with Crippen LogP contribution in [0, 0.1) is 0 Å². The molecule has 3 heterocycles. The molecule has 6 heteroatoms. The van der Waals surface area contributed by atoms with Gasteiger partial charge >= 0.3 is 0 Å². The predicted octanol–water partition coefficient (Wildman–Crippen LogP) is 2.35. The lowest BCUT2D eigenvalue weighted by Crippen LogP contribution is -2.41. The highest BCUT2D eigenvalue weighted by Gasteiger charge is 2.34. The standard InChI is InChI=1S/C14H20N2O2.2ClH/c1-2-11(8-15-6-1)9-17-10-12-3-4-13-14(18-12)5-7-16-13;;/h1-2,6,8,12-14,16H,3-5,7,9-10H2;2*1H/t12-,13+,14+;;/m0../s1. The Morgan fingerprint density at radius 1 is 1.30 bits per heavy atom. The Kier molecular flexibility index (Phi) is 7.77. The van der Waals surface area contributed by atoms with Crippen molar-refractivity contribution in [1.82, 2.24) is 10.3 Å². The quantitative estimate of drug-likeness (QED) is 0.924. The summed E-state index contributed by atoms with van der Waals surface area (Å²) in [5.74, 6) is 0. The Bertz CT molecular complexity index is 381. The zero-order valence-electron chi connectivity index (χ0n) is 11.4. The van der Waals surface area contributed by atoms with Gasteiger partial charge in [-0.05, 0) is 37.4 Å². The maximum atomic E-state index is 6.05. The molecule has 0 aromatic carbocycles. The lowest BCUT2D eigenvalue weighted by Gasteiger charge is -2.32. The minimum atomic E-state index is 0. The van der Waals surface area contributed by atoms with Crippen LogP contribution in [-0.4, -0.2) is 36.4 Å². The Morgan fingerprint density at radius 2 is 2.20 bits per heavy atom. The summed E-state index contributed by atoms with van der Waals surface area (Å²) in [5, 5.41) is 3.49. The number of aromatic nitrogens is 1. The summed E-state index contributed by atoms with van der Waals surface area (Å²) >= 11 is 0. The van der Waals surface area contributed by atoms with Crippen molar-refractivity contribution in [3.63, 3.8) is 0 Å². The Morgan fingerprint density at radius 3 is 3.00 bits per heavy atom. The second-order valence-corrected chi connectivity index (χ2v) is 5.10. The Balaban J connectivity index is 0.000001000. The Labute approximate surface area is 132 Å². The first-order valence-electron chi connectivity index (χ1n) is 6.77. The van der Waals surface area contributed by atoms with E-state index >= 15 is 0 Å². The van der Waals surface area contributed by atoms with E-state index in [4.69, 9.17) is 9.47 Å². The Hall–Kier alpha value is -0.390. The topological polar surface area (TPSA) is 43.4 Å². The zero-order chi connectivity index (χ0) is 12.2. The van der Waals surface area contributed by atoms with Gasteiger partial charge in [-0.15, -0.1) is 24.8 Å². The van der Waals surface area contributed by atoms with Gasteiger partial charge in [0.15, 0.2) is 0 Å². The van der Waals surface area contributed by atoms with Crippen molar-refractivity contribution < 1.29 is 9.47 Å². The summed E-state index contributed by atoms with van der Waals surface area (Å²) in [6.07, 6.45) is 7.75. The van der Waals surface area contributed by atoms with Gasteiger partial charge < -0.3 is 14.8 Å². The van der Waals surface area contributed by atoms with Crippen molar-refractivity contribution in [2.45, 2.75) is 44.1 Å². The van der Waals surface area contributed by atoms with E-state index in [-0.39, 0.29) is 30.9 Å². The first-order valence-corrected chi connectivity index (χ1v) is 6.77. The molecule has 2 aliphatic rings. The number of rotatable bonds is 4. The number of nitrogens with one attached hydrogen (secondary N) is 1. The fourth-order valence-corrected chi connectivity index (χ4v) is 2.79. The number of hydrogen-bond donors (Lipinski definition) is 1. The van der Waals surface area contributed by atoms with Gasteiger partial charge in [-0.3, -0.25) is 4.98 Å². The van der Waals surface area contributed by atoms with Gasteiger partial charge in [-0.1, -0.05) is 6.07 Å². The summed E-state index contributed by atoms with van der Waals surface area (Å²) in [4.78, 5) is 4.07. The molecule has 2 aliphatic heterocycles. The smallest absolute Gasteiger partial charge is 0.0813 e. The molecule has 0 radical (unpaired) electrons. The van der Waals surface area contributed by atoms with Crippen LogP contribution in [0.1, 0.15) is 24.8 Å². The van der Waals surface area contributed by atoms with Gasteiger partial charge in [0, 0.05) is 18.4 Å². The maximum absolute atomic E-state index is 6.05. The van der Waals surface area contributed by atoms with Gasteiger partial charge in [0.05, 0.1) is 25.4 Å². The van der Waals surface area contributed by atoms with E-state index in [0.29, 0.717) is 25.4 Å². The molecule has 0 amide bonds. The van der Waals surface area contributed by atoms with Crippen molar-refractivity contribution in [3.8, 4) is 0 Å². The van der Waals surface area contributed by atoms with Gasteiger partial charge in [0.25, 0.3) is 0 Å². The van der Waals surface area contributed by atoms with Crippen LogP contribution in [0.15, 0.2) is 24.5 Å². The van der Waals surface area contributed by atoms with E-state index in [1.165, 1.54) is 6.42 Å². The summed E-state index contributed by atoms with van der Waals surface area (Å²) in [5.41, 5.74) is 1.12.